The zero-order chi connectivity index (χ0) is 18.6. The number of rotatable bonds is 5. The second kappa shape index (κ2) is 10.2. The van der Waals surface area contributed by atoms with Crippen molar-refractivity contribution in [3.8, 4) is 0 Å². The molecular formula is C17H23Cl2FIN5. The van der Waals surface area contributed by atoms with Crippen LogP contribution in [0, 0.1) is 5.82 Å². The summed E-state index contributed by atoms with van der Waals surface area (Å²) in [7, 11) is 7.14. The van der Waals surface area contributed by atoms with Gasteiger partial charge >= 0.3 is 0 Å². The Labute approximate surface area is 180 Å². The molecular weight excluding hydrogens is 491 g/mol. The molecule has 1 aromatic carbocycles. The molecule has 0 aliphatic heterocycles. The number of hydrogen-bond donors (Lipinski definition) is 2. The van der Waals surface area contributed by atoms with E-state index in [9.17, 15) is 4.39 Å². The Bertz CT molecular complexity index is 777. The van der Waals surface area contributed by atoms with E-state index in [-0.39, 0.29) is 29.8 Å². The van der Waals surface area contributed by atoms with E-state index in [0.29, 0.717) is 34.9 Å². The first kappa shape index (κ1) is 22.9. The molecule has 0 aliphatic rings. The van der Waals surface area contributed by atoms with Gasteiger partial charge in [0.05, 0.1) is 17.3 Å². The van der Waals surface area contributed by atoms with Crippen LogP contribution in [0.1, 0.15) is 11.3 Å². The summed E-state index contributed by atoms with van der Waals surface area (Å²) in [6.07, 6.45) is 0. The molecule has 9 heteroatoms. The van der Waals surface area contributed by atoms with Gasteiger partial charge in [0.15, 0.2) is 5.96 Å². The summed E-state index contributed by atoms with van der Waals surface area (Å²) in [4.78, 5) is 5.90. The molecule has 26 heavy (non-hydrogen) atoms. The predicted octanol–water partition coefficient (Wildman–Crippen LogP) is 4.02. The number of aromatic nitrogens is 1. The normalized spacial score (nSPS) is 11.1. The Balaban J connectivity index is 0.00000338. The first-order chi connectivity index (χ1) is 11.8. The molecule has 0 spiro atoms. The smallest absolute Gasteiger partial charge is 0.191 e. The summed E-state index contributed by atoms with van der Waals surface area (Å²) >= 11 is 12.1. The molecule has 0 bridgehead atoms. The van der Waals surface area contributed by atoms with Gasteiger partial charge in [0, 0.05) is 40.4 Å². The number of guanidine groups is 1. The minimum atomic E-state index is -0.250. The summed E-state index contributed by atoms with van der Waals surface area (Å²) < 4.78 is 15.8. The Hall–Kier alpha value is -1.19. The molecule has 1 aromatic heterocycles. The van der Waals surface area contributed by atoms with Crippen LogP contribution in [-0.4, -0.2) is 31.7 Å². The Morgan fingerprint density at radius 1 is 1.19 bits per heavy atom. The highest BCUT2D eigenvalue weighted by Gasteiger charge is 2.10. The van der Waals surface area contributed by atoms with Crippen molar-refractivity contribution in [1.82, 2.24) is 15.2 Å². The van der Waals surface area contributed by atoms with Crippen LogP contribution in [0.2, 0.25) is 10.2 Å². The average Bonchev–Trinajstić information content (AvgIpc) is 2.82. The molecule has 0 saturated heterocycles. The second-order valence-electron chi connectivity index (χ2n) is 5.79. The third-order valence-electron chi connectivity index (χ3n) is 3.83. The fourth-order valence-electron chi connectivity index (χ4n) is 2.36. The van der Waals surface area contributed by atoms with E-state index in [4.69, 9.17) is 23.2 Å². The van der Waals surface area contributed by atoms with E-state index in [0.717, 1.165) is 11.3 Å². The molecule has 1 heterocycles. The molecule has 0 unspecified atom stereocenters. The monoisotopic (exact) mass is 513 g/mol. The van der Waals surface area contributed by atoms with Crippen LogP contribution in [0.4, 0.5) is 10.1 Å². The average molecular weight is 514 g/mol. The topological polar surface area (TPSA) is 44.6 Å². The summed E-state index contributed by atoms with van der Waals surface area (Å²) in [6.45, 7) is 0.968. The SMILES string of the molecule is CN=C(NCc1ccc(N(C)C)c(F)c1)NCc1cc(Cl)c(Cl)n1C.I. The highest BCUT2D eigenvalue weighted by molar-refractivity contribution is 14.0. The highest BCUT2D eigenvalue weighted by Crippen LogP contribution is 2.24. The van der Waals surface area contributed by atoms with E-state index < -0.39 is 0 Å². The lowest BCUT2D eigenvalue weighted by atomic mass is 10.2. The van der Waals surface area contributed by atoms with Crippen LogP contribution in [0.5, 0.6) is 0 Å². The molecule has 0 radical (unpaired) electrons. The molecule has 0 fully saturated rings. The van der Waals surface area contributed by atoms with E-state index >= 15 is 0 Å². The van der Waals surface area contributed by atoms with Gasteiger partial charge in [-0.25, -0.2) is 4.39 Å². The fraction of sp³-hybridized carbons (Fsp3) is 0.353. The number of halogens is 4. The minimum Gasteiger partial charge on any atom is -0.375 e. The maximum Gasteiger partial charge on any atom is 0.191 e. The lowest BCUT2D eigenvalue weighted by molar-refractivity contribution is 0.623. The van der Waals surface area contributed by atoms with Crippen molar-refractivity contribution >= 4 is 58.8 Å². The molecule has 2 aromatic rings. The summed E-state index contributed by atoms with van der Waals surface area (Å²) in [5, 5.41) is 7.35. The maximum atomic E-state index is 14.0. The van der Waals surface area contributed by atoms with Crippen molar-refractivity contribution in [3.63, 3.8) is 0 Å². The van der Waals surface area contributed by atoms with Crippen molar-refractivity contribution in [2.45, 2.75) is 13.1 Å². The van der Waals surface area contributed by atoms with Gasteiger partial charge < -0.3 is 20.1 Å². The van der Waals surface area contributed by atoms with Gasteiger partial charge in [-0.1, -0.05) is 29.3 Å². The standard InChI is InChI=1S/C17H22Cl2FN5.HI/c1-21-17(23-10-12-8-13(18)16(19)25(12)4)22-9-11-5-6-15(24(2)3)14(20)7-11;/h5-8H,9-10H2,1-4H3,(H2,21,22,23);1H. The van der Waals surface area contributed by atoms with Crippen LogP contribution in [0.3, 0.4) is 0 Å². The van der Waals surface area contributed by atoms with Crippen molar-refractivity contribution < 1.29 is 4.39 Å². The van der Waals surface area contributed by atoms with E-state index in [2.05, 4.69) is 15.6 Å². The molecule has 2 rings (SSSR count). The number of aliphatic imine (C=N–C) groups is 1. The molecule has 5 nitrogen and oxygen atoms in total. The zero-order valence-corrected chi connectivity index (χ0v) is 18.9. The third-order valence-corrected chi connectivity index (χ3v) is 4.67. The Kier molecular flexibility index (Phi) is 8.99. The van der Waals surface area contributed by atoms with Gasteiger partial charge in [-0.05, 0) is 23.8 Å². The van der Waals surface area contributed by atoms with Crippen molar-refractivity contribution in [3.05, 3.63) is 51.5 Å². The van der Waals surface area contributed by atoms with Gasteiger partial charge in [-0.3, -0.25) is 4.99 Å². The predicted molar refractivity (Wildman–Crippen MR) is 119 cm³/mol. The molecule has 0 aliphatic carbocycles. The van der Waals surface area contributed by atoms with Crippen LogP contribution in [-0.2, 0) is 20.1 Å². The number of nitrogens with zero attached hydrogens (tertiary/aromatic N) is 3. The first-order valence-corrected chi connectivity index (χ1v) is 8.49. The van der Waals surface area contributed by atoms with Gasteiger partial charge in [0.1, 0.15) is 11.0 Å². The number of hydrogen-bond acceptors (Lipinski definition) is 2. The van der Waals surface area contributed by atoms with E-state index in [1.54, 1.807) is 28.6 Å². The van der Waals surface area contributed by atoms with Crippen LogP contribution in [0.15, 0.2) is 29.3 Å². The van der Waals surface area contributed by atoms with Crippen molar-refractivity contribution in [1.29, 1.82) is 0 Å². The second-order valence-corrected chi connectivity index (χ2v) is 6.56. The molecule has 144 valence electrons. The lowest BCUT2D eigenvalue weighted by Crippen LogP contribution is -2.36. The minimum absolute atomic E-state index is 0. The first-order valence-electron chi connectivity index (χ1n) is 7.73. The van der Waals surface area contributed by atoms with Gasteiger partial charge in [-0.15, -0.1) is 24.0 Å². The summed E-state index contributed by atoms with van der Waals surface area (Å²) in [6, 6.07) is 6.97. The quantitative estimate of drug-likeness (QED) is 0.360. The van der Waals surface area contributed by atoms with Crippen LogP contribution < -0.4 is 15.5 Å². The number of benzene rings is 1. The Morgan fingerprint density at radius 2 is 1.85 bits per heavy atom. The van der Waals surface area contributed by atoms with E-state index in [1.807, 2.05) is 27.2 Å². The highest BCUT2D eigenvalue weighted by atomic mass is 127. The largest absolute Gasteiger partial charge is 0.375 e. The van der Waals surface area contributed by atoms with Gasteiger partial charge in [-0.2, -0.15) is 0 Å². The molecule has 0 atom stereocenters. The zero-order valence-electron chi connectivity index (χ0n) is 15.1. The summed E-state index contributed by atoms with van der Waals surface area (Å²) in [5.41, 5.74) is 2.32. The van der Waals surface area contributed by atoms with Crippen LogP contribution >= 0.6 is 47.2 Å². The number of nitrogens with one attached hydrogen (secondary N) is 2. The molecule has 2 N–H and O–H groups in total. The molecule has 0 saturated carbocycles. The van der Waals surface area contributed by atoms with E-state index in [1.165, 1.54) is 6.07 Å². The molecule has 0 amide bonds. The van der Waals surface area contributed by atoms with Crippen LogP contribution in [0.25, 0.3) is 0 Å². The van der Waals surface area contributed by atoms with Crippen molar-refractivity contribution in [2.75, 3.05) is 26.0 Å². The summed E-state index contributed by atoms with van der Waals surface area (Å²) in [5.74, 6) is 0.353. The third kappa shape index (κ3) is 5.65. The lowest BCUT2D eigenvalue weighted by Gasteiger charge is -2.15. The Morgan fingerprint density at radius 3 is 2.35 bits per heavy atom. The van der Waals surface area contributed by atoms with Gasteiger partial charge in [0.2, 0.25) is 0 Å². The number of anilines is 1. The fourth-order valence-corrected chi connectivity index (χ4v) is 2.78. The van der Waals surface area contributed by atoms with Gasteiger partial charge in [0.25, 0.3) is 0 Å². The maximum absolute atomic E-state index is 14.0. The van der Waals surface area contributed by atoms with Crippen molar-refractivity contribution in [2.24, 2.45) is 12.0 Å².